The van der Waals surface area contributed by atoms with Crippen LogP contribution in [0.5, 0.6) is 0 Å². The smallest absolute Gasteiger partial charge is 0.339 e. The van der Waals surface area contributed by atoms with E-state index < -0.39 is 19.4 Å². The Morgan fingerprint density at radius 1 is 1.31 bits per heavy atom. The fourth-order valence-electron chi connectivity index (χ4n) is 1.50. The molecule has 1 saturated heterocycles. The van der Waals surface area contributed by atoms with Crippen LogP contribution < -0.4 is 0 Å². The first-order valence-electron chi connectivity index (χ1n) is 5.26. The van der Waals surface area contributed by atoms with Crippen LogP contribution in [0.1, 0.15) is 0 Å². The van der Waals surface area contributed by atoms with Gasteiger partial charge in [-0.25, -0.2) is 0 Å². The van der Waals surface area contributed by atoms with E-state index in [2.05, 4.69) is 15.9 Å². The summed E-state index contributed by atoms with van der Waals surface area (Å²) in [4.78, 5) is -1.39. The Bertz CT molecular complexity index is 227. The first-order valence-corrected chi connectivity index (χ1v) is 9.46. The number of halogens is 3. The van der Waals surface area contributed by atoms with Crippen molar-refractivity contribution >= 4 is 24.2 Å². The molecule has 7 heteroatoms. The van der Waals surface area contributed by atoms with Gasteiger partial charge in [0.2, 0.25) is 0 Å². The Morgan fingerprint density at radius 3 is 2.19 bits per heavy atom. The van der Waals surface area contributed by atoms with Crippen molar-refractivity contribution in [2.75, 3.05) is 26.3 Å². The molecule has 3 nitrogen and oxygen atoms in total. The quantitative estimate of drug-likeness (QED) is 0.587. The third kappa shape index (κ3) is 4.75. The molecule has 0 bridgehead atoms. The van der Waals surface area contributed by atoms with E-state index in [9.17, 15) is 8.78 Å². The monoisotopic (exact) mass is 317 g/mol. The molecule has 1 heterocycles. The Labute approximate surface area is 104 Å². The lowest BCUT2D eigenvalue weighted by molar-refractivity contribution is -0.130. The second-order valence-corrected chi connectivity index (χ2v) is 10.3. The van der Waals surface area contributed by atoms with Crippen LogP contribution in [-0.2, 0) is 9.16 Å². The van der Waals surface area contributed by atoms with E-state index in [0.29, 0.717) is 26.3 Å². The van der Waals surface area contributed by atoms with Crippen molar-refractivity contribution in [2.45, 2.75) is 30.7 Å². The minimum atomic E-state index is -3.02. The third-order valence-electron chi connectivity index (χ3n) is 2.12. The summed E-state index contributed by atoms with van der Waals surface area (Å²) >= 11 is 2.41. The molecular formula is C9H18BrF2NO2Si. The summed E-state index contributed by atoms with van der Waals surface area (Å²) in [5, 5.41) is 0. The molecule has 0 aromatic heterocycles. The largest absolute Gasteiger partial charge is 0.397 e. The normalized spacial score (nSPS) is 22.1. The summed E-state index contributed by atoms with van der Waals surface area (Å²) in [5.41, 5.74) is 0. The second-order valence-electron chi connectivity index (χ2n) is 4.77. The number of hydrogen-bond donors (Lipinski definition) is 0. The van der Waals surface area contributed by atoms with Crippen LogP contribution in [0.4, 0.5) is 8.78 Å². The highest BCUT2D eigenvalue weighted by Crippen LogP contribution is 2.32. The van der Waals surface area contributed by atoms with Gasteiger partial charge in [-0.05, 0) is 35.6 Å². The molecular weight excluding hydrogens is 300 g/mol. The summed E-state index contributed by atoms with van der Waals surface area (Å²) in [5.74, 6) is 0. The maximum Gasteiger partial charge on any atom is 0.339 e. The molecule has 1 fully saturated rings. The summed E-state index contributed by atoms with van der Waals surface area (Å²) in [6.45, 7) is 7.63. The van der Waals surface area contributed by atoms with Crippen LogP contribution in [0.2, 0.25) is 19.6 Å². The minimum absolute atomic E-state index is 0.481. The minimum Gasteiger partial charge on any atom is -0.397 e. The van der Waals surface area contributed by atoms with E-state index in [1.54, 1.807) is 4.90 Å². The highest BCUT2D eigenvalue weighted by molar-refractivity contribution is 9.10. The van der Waals surface area contributed by atoms with Crippen molar-refractivity contribution in [2.24, 2.45) is 0 Å². The van der Waals surface area contributed by atoms with E-state index in [4.69, 9.17) is 9.16 Å². The van der Waals surface area contributed by atoms with Gasteiger partial charge in [0.1, 0.15) is 0 Å². The highest BCUT2D eigenvalue weighted by Gasteiger charge is 2.44. The molecule has 96 valence electrons. The van der Waals surface area contributed by atoms with Gasteiger partial charge < -0.3 is 9.16 Å². The number of ether oxygens (including phenoxy) is 1. The van der Waals surface area contributed by atoms with Crippen molar-refractivity contribution in [1.29, 1.82) is 0 Å². The van der Waals surface area contributed by atoms with Gasteiger partial charge >= 0.3 is 4.83 Å². The molecule has 1 aliphatic heterocycles. The molecule has 0 spiro atoms. The Morgan fingerprint density at radius 2 is 1.81 bits per heavy atom. The maximum absolute atomic E-state index is 13.4. The van der Waals surface area contributed by atoms with Crippen LogP contribution in [-0.4, -0.2) is 50.6 Å². The van der Waals surface area contributed by atoms with Gasteiger partial charge in [-0.2, -0.15) is 8.78 Å². The number of morpholine rings is 1. The zero-order valence-electron chi connectivity index (χ0n) is 9.80. The van der Waals surface area contributed by atoms with E-state index in [1.807, 2.05) is 19.6 Å². The Kier molecular flexibility index (Phi) is 4.88. The molecule has 16 heavy (non-hydrogen) atoms. The number of rotatable bonds is 4. The molecule has 0 saturated carbocycles. The fourth-order valence-corrected chi connectivity index (χ4v) is 3.02. The van der Waals surface area contributed by atoms with E-state index in [-0.39, 0.29) is 0 Å². The molecule has 1 aliphatic rings. The highest BCUT2D eigenvalue weighted by atomic mass is 79.9. The average Bonchev–Trinajstić information content (AvgIpc) is 2.13. The van der Waals surface area contributed by atoms with E-state index >= 15 is 0 Å². The van der Waals surface area contributed by atoms with Crippen molar-refractivity contribution in [3.63, 3.8) is 0 Å². The summed E-state index contributed by atoms with van der Waals surface area (Å²) in [6.07, 6.45) is -1.19. The van der Waals surface area contributed by atoms with Crippen LogP contribution in [0.15, 0.2) is 0 Å². The van der Waals surface area contributed by atoms with E-state index in [0.717, 1.165) is 0 Å². The second kappa shape index (κ2) is 5.39. The van der Waals surface area contributed by atoms with E-state index in [1.165, 1.54) is 0 Å². The van der Waals surface area contributed by atoms with Gasteiger partial charge in [0.05, 0.1) is 13.2 Å². The molecule has 1 unspecified atom stereocenters. The predicted octanol–water partition coefficient (Wildman–Crippen LogP) is 2.48. The third-order valence-corrected chi connectivity index (χ3v) is 3.44. The summed E-state index contributed by atoms with van der Waals surface area (Å²) < 4.78 is 37.6. The first-order chi connectivity index (χ1) is 7.20. The molecule has 0 amide bonds. The van der Waals surface area contributed by atoms with Crippen LogP contribution in [0, 0.1) is 0 Å². The number of hydrogen-bond acceptors (Lipinski definition) is 3. The zero-order valence-corrected chi connectivity index (χ0v) is 12.4. The molecule has 0 radical (unpaired) electrons. The molecule has 0 aliphatic carbocycles. The number of nitrogens with zero attached hydrogens (tertiary/aromatic N) is 1. The Hall–Kier alpha value is 0.437. The fraction of sp³-hybridized carbons (Fsp3) is 1.00. The average molecular weight is 318 g/mol. The molecule has 1 atom stereocenters. The van der Waals surface area contributed by atoms with Crippen molar-refractivity contribution in [1.82, 2.24) is 4.90 Å². The van der Waals surface area contributed by atoms with Crippen molar-refractivity contribution in [3.8, 4) is 0 Å². The van der Waals surface area contributed by atoms with Gasteiger partial charge in [-0.1, -0.05) is 0 Å². The lowest BCUT2D eigenvalue weighted by atomic mass is 10.4. The van der Waals surface area contributed by atoms with Gasteiger partial charge in [0.15, 0.2) is 14.5 Å². The van der Waals surface area contributed by atoms with Gasteiger partial charge in [0, 0.05) is 13.1 Å². The molecule has 0 N–H and O–H groups in total. The van der Waals surface area contributed by atoms with Crippen LogP contribution in [0.3, 0.4) is 0 Å². The lowest BCUT2D eigenvalue weighted by Crippen LogP contribution is -2.54. The maximum atomic E-state index is 13.4. The summed E-state index contributed by atoms with van der Waals surface area (Å²) in [6, 6.07) is 0. The van der Waals surface area contributed by atoms with Crippen molar-refractivity contribution in [3.05, 3.63) is 0 Å². The topological polar surface area (TPSA) is 21.7 Å². The van der Waals surface area contributed by atoms with Gasteiger partial charge in [-0.3, -0.25) is 4.90 Å². The van der Waals surface area contributed by atoms with Crippen LogP contribution in [0.25, 0.3) is 0 Å². The molecule has 0 aromatic rings. The SMILES string of the molecule is C[Si](C)(C)OC(N1CCOCC1)C(F)(F)Br. The van der Waals surface area contributed by atoms with Crippen LogP contribution >= 0.6 is 15.9 Å². The predicted molar refractivity (Wildman–Crippen MR) is 64.5 cm³/mol. The van der Waals surface area contributed by atoms with Gasteiger partial charge in [-0.15, -0.1) is 0 Å². The van der Waals surface area contributed by atoms with Gasteiger partial charge in [0.25, 0.3) is 0 Å². The first kappa shape index (κ1) is 14.5. The Balaban J connectivity index is 2.70. The number of alkyl halides is 3. The molecule has 1 rings (SSSR count). The zero-order chi connectivity index (χ0) is 12.4. The van der Waals surface area contributed by atoms with Crippen molar-refractivity contribution < 1.29 is 17.9 Å². The standard InChI is InChI=1S/C9H18BrF2NO2Si/c1-16(2,3)15-8(9(10,11)12)13-4-6-14-7-5-13/h8H,4-7H2,1-3H3. The summed E-state index contributed by atoms with van der Waals surface area (Å²) in [7, 11) is -2.01. The molecule has 0 aromatic carbocycles. The lowest BCUT2D eigenvalue weighted by Gasteiger charge is -2.39.